The molecule has 0 saturated carbocycles. The van der Waals surface area contributed by atoms with E-state index in [1.807, 2.05) is 19.2 Å². The highest BCUT2D eigenvalue weighted by molar-refractivity contribution is 7.98. The number of benzene rings is 1. The summed E-state index contributed by atoms with van der Waals surface area (Å²) >= 11 is 1.54. The van der Waals surface area contributed by atoms with Gasteiger partial charge in [-0.05, 0) is 43.7 Å². The molecule has 0 aliphatic heterocycles. The number of carbonyl (C=O) groups is 1. The number of aryl methyl sites for hydroxylation is 1. The summed E-state index contributed by atoms with van der Waals surface area (Å²) in [5.74, 6) is 0.0779. The molecule has 0 spiro atoms. The second kappa shape index (κ2) is 8.39. The average molecular weight is 313 g/mol. The lowest BCUT2D eigenvalue weighted by Crippen LogP contribution is -2.44. The van der Waals surface area contributed by atoms with Crippen LogP contribution in [-0.4, -0.2) is 35.2 Å². The fourth-order valence-electron chi connectivity index (χ4n) is 2.02. The van der Waals surface area contributed by atoms with E-state index < -0.39 is 5.60 Å². The fraction of sp³-hybridized carbons (Fsp3) is 0.562. The van der Waals surface area contributed by atoms with E-state index in [0.29, 0.717) is 18.6 Å². The minimum absolute atomic E-state index is 0.0761. The lowest BCUT2D eigenvalue weighted by molar-refractivity contribution is -0.125. The maximum absolute atomic E-state index is 13.1. The maximum Gasteiger partial charge on any atom is 0.222 e. The van der Waals surface area contributed by atoms with E-state index in [9.17, 15) is 14.3 Å². The van der Waals surface area contributed by atoms with Gasteiger partial charge in [-0.1, -0.05) is 19.1 Å². The predicted octanol–water partition coefficient (Wildman–Crippen LogP) is 2.62. The van der Waals surface area contributed by atoms with Gasteiger partial charge in [0, 0.05) is 18.2 Å². The molecule has 0 aliphatic rings. The molecule has 1 rings (SSSR count). The summed E-state index contributed by atoms with van der Waals surface area (Å²) in [6.45, 7) is 3.80. The van der Waals surface area contributed by atoms with E-state index in [1.54, 1.807) is 24.8 Å². The Kier molecular flexibility index (Phi) is 7.18. The molecule has 2 unspecified atom stereocenters. The van der Waals surface area contributed by atoms with Crippen LogP contribution in [0, 0.1) is 11.7 Å². The van der Waals surface area contributed by atoms with Gasteiger partial charge < -0.3 is 10.4 Å². The van der Waals surface area contributed by atoms with Crippen molar-refractivity contribution in [3.63, 3.8) is 0 Å². The number of rotatable bonds is 8. The first-order valence-corrected chi connectivity index (χ1v) is 8.47. The summed E-state index contributed by atoms with van der Waals surface area (Å²) in [5, 5.41) is 12.8. The minimum Gasteiger partial charge on any atom is -0.387 e. The largest absolute Gasteiger partial charge is 0.387 e. The number of hydrogen-bond donors (Lipinski definition) is 2. The normalized spacial score (nSPS) is 15.3. The zero-order chi connectivity index (χ0) is 15.9. The lowest BCUT2D eigenvalue weighted by atomic mass is 10.00. The molecular weight excluding hydrogens is 289 g/mol. The van der Waals surface area contributed by atoms with Crippen molar-refractivity contribution in [2.24, 2.45) is 5.92 Å². The van der Waals surface area contributed by atoms with Gasteiger partial charge in [0.15, 0.2) is 0 Å². The zero-order valence-corrected chi connectivity index (χ0v) is 13.7. The smallest absolute Gasteiger partial charge is 0.222 e. The maximum atomic E-state index is 13.1. The Morgan fingerprint density at radius 2 is 2.24 bits per heavy atom. The van der Waals surface area contributed by atoms with E-state index in [2.05, 4.69) is 5.32 Å². The molecule has 118 valence electrons. The van der Waals surface area contributed by atoms with Gasteiger partial charge in [0.2, 0.25) is 5.91 Å². The fourth-order valence-corrected chi connectivity index (χ4v) is 2.74. The Bertz CT molecular complexity index is 465. The number of amides is 1. The van der Waals surface area contributed by atoms with Gasteiger partial charge in [0.05, 0.1) is 5.60 Å². The third-order valence-corrected chi connectivity index (χ3v) is 4.21. The second-order valence-electron chi connectivity index (χ2n) is 5.72. The summed E-state index contributed by atoms with van der Waals surface area (Å²) in [6.07, 6.45) is 3.23. The van der Waals surface area contributed by atoms with Crippen LogP contribution in [0.3, 0.4) is 0 Å². The van der Waals surface area contributed by atoms with Gasteiger partial charge in [-0.3, -0.25) is 4.79 Å². The molecule has 0 aromatic heterocycles. The number of thioether (sulfide) groups is 1. The number of nitrogens with one attached hydrogen (secondary N) is 1. The van der Waals surface area contributed by atoms with Crippen LogP contribution in [0.5, 0.6) is 0 Å². The average Bonchev–Trinajstić information content (AvgIpc) is 2.42. The Morgan fingerprint density at radius 3 is 2.86 bits per heavy atom. The van der Waals surface area contributed by atoms with Gasteiger partial charge in [0.1, 0.15) is 5.82 Å². The van der Waals surface area contributed by atoms with Crippen molar-refractivity contribution in [3.05, 3.63) is 35.6 Å². The zero-order valence-electron chi connectivity index (χ0n) is 12.9. The molecule has 2 atom stereocenters. The highest BCUT2D eigenvalue weighted by atomic mass is 32.2. The SMILES string of the molecule is CSCC(C)(O)CNC(=O)C(C)CCc1cccc(F)c1. The van der Waals surface area contributed by atoms with Gasteiger partial charge >= 0.3 is 0 Å². The van der Waals surface area contributed by atoms with Crippen molar-refractivity contribution in [2.75, 3.05) is 18.6 Å². The molecule has 1 aromatic rings. The predicted molar refractivity (Wildman–Crippen MR) is 85.9 cm³/mol. The number of halogens is 1. The highest BCUT2D eigenvalue weighted by Crippen LogP contribution is 2.13. The van der Waals surface area contributed by atoms with Crippen LogP contribution in [0.25, 0.3) is 0 Å². The van der Waals surface area contributed by atoms with Crippen molar-refractivity contribution in [1.29, 1.82) is 0 Å². The molecule has 0 radical (unpaired) electrons. The molecule has 0 fully saturated rings. The molecule has 0 bridgehead atoms. The number of aliphatic hydroxyl groups is 1. The quantitative estimate of drug-likeness (QED) is 0.776. The molecule has 0 heterocycles. The minimum atomic E-state index is -0.892. The third kappa shape index (κ3) is 6.96. The van der Waals surface area contributed by atoms with E-state index in [-0.39, 0.29) is 24.2 Å². The van der Waals surface area contributed by atoms with Gasteiger partial charge in [-0.2, -0.15) is 11.8 Å². The van der Waals surface area contributed by atoms with Crippen molar-refractivity contribution < 1.29 is 14.3 Å². The van der Waals surface area contributed by atoms with E-state index >= 15 is 0 Å². The Hall–Kier alpha value is -1.07. The summed E-state index contributed by atoms with van der Waals surface area (Å²) < 4.78 is 13.1. The standard InChI is InChI=1S/C16H24FNO2S/c1-12(7-8-13-5-4-6-14(17)9-13)15(19)18-10-16(2,20)11-21-3/h4-6,9,12,20H,7-8,10-11H2,1-3H3,(H,18,19). The molecule has 2 N–H and O–H groups in total. The van der Waals surface area contributed by atoms with E-state index in [0.717, 1.165) is 5.56 Å². The highest BCUT2D eigenvalue weighted by Gasteiger charge is 2.22. The van der Waals surface area contributed by atoms with Crippen LogP contribution in [0.2, 0.25) is 0 Å². The third-order valence-electron chi connectivity index (χ3n) is 3.30. The molecule has 1 aromatic carbocycles. The van der Waals surface area contributed by atoms with Crippen molar-refractivity contribution in [1.82, 2.24) is 5.32 Å². The van der Waals surface area contributed by atoms with E-state index in [4.69, 9.17) is 0 Å². The first kappa shape index (κ1) is 18.0. The Morgan fingerprint density at radius 1 is 1.52 bits per heavy atom. The van der Waals surface area contributed by atoms with Crippen LogP contribution in [0.15, 0.2) is 24.3 Å². The number of carbonyl (C=O) groups excluding carboxylic acids is 1. The van der Waals surface area contributed by atoms with Crippen LogP contribution in [-0.2, 0) is 11.2 Å². The molecule has 3 nitrogen and oxygen atoms in total. The summed E-state index contributed by atoms with van der Waals surface area (Å²) in [7, 11) is 0. The van der Waals surface area contributed by atoms with Gasteiger partial charge in [0.25, 0.3) is 0 Å². The first-order chi connectivity index (χ1) is 9.84. The van der Waals surface area contributed by atoms with Crippen molar-refractivity contribution in [3.8, 4) is 0 Å². The van der Waals surface area contributed by atoms with E-state index in [1.165, 1.54) is 12.1 Å². The summed E-state index contributed by atoms with van der Waals surface area (Å²) in [5.41, 5.74) is 0.00111. The Balaban J connectivity index is 2.37. The summed E-state index contributed by atoms with van der Waals surface area (Å²) in [4.78, 5) is 12.0. The second-order valence-corrected chi connectivity index (χ2v) is 6.58. The Labute approximate surface area is 130 Å². The van der Waals surface area contributed by atoms with Gasteiger partial charge in [-0.25, -0.2) is 4.39 Å². The van der Waals surface area contributed by atoms with Crippen LogP contribution < -0.4 is 5.32 Å². The van der Waals surface area contributed by atoms with Crippen molar-refractivity contribution in [2.45, 2.75) is 32.3 Å². The monoisotopic (exact) mass is 313 g/mol. The van der Waals surface area contributed by atoms with Gasteiger partial charge in [-0.15, -0.1) is 0 Å². The topological polar surface area (TPSA) is 49.3 Å². The molecule has 5 heteroatoms. The first-order valence-electron chi connectivity index (χ1n) is 7.07. The van der Waals surface area contributed by atoms with Crippen LogP contribution >= 0.6 is 11.8 Å². The van der Waals surface area contributed by atoms with Crippen molar-refractivity contribution >= 4 is 17.7 Å². The summed E-state index contributed by atoms with van der Waals surface area (Å²) in [6, 6.07) is 6.44. The van der Waals surface area contributed by atoms with Crippen LogP contribution in [0.1, 0.15) is 25.8 Å². The molecule has 0 saturated heterocycles. The molecular formula is C16H24FNO2S. The molecule has 0 aliphatic carbocycles. The van der Waals surface area contributed by atoms with Crippen LogP contribution in [0.4, 0.5) is 4.39 Å². The lowest BCUT2D eigenvalue weighted by Gasteiger charge is -2.23. The molecule has 1 amide bonds. The number of hydrogen-bond acceptors (Lipinski definition) is 3. The molecule has 21 heavy (non-hydrogen) atoms.